The second-order valence-corrected chi connectivity index (χ2v) is 4.66. The minimum Gasteiger partial charge on any atom is -0.480 e. The number of carboxylic acids is 1. The van der Waals surface area contributed by atoms with Crippen molar-refractivity contribution in [2.24, 2.45) is 0 Å². The van der Waals surface area contributed by atoms with Gasteiger partial charge in [0.05, 0.1) is 25.1 Å². The van der Waals surface area contributed by atoms with Crippen molar-refractivity contribution in [1.82, 2.24) is 9.97 Å². The summed E-state index contributed by atoms with van der Waals surface area (Å²) in [5, 5.41) is 9.29. The van der Waals surface area contributed by atoms with Crippen molar-refractivity contribution in [1.29, 1.82) is 0 Å². The van der Waals surface area contributed by atoms with Gasteiger partial charge in [-0.3, -0.25) is 4.98 Å². The summed E-state index contributed by atoms with van der Waals surface area (Å²) in [6.45, 7) is 3.04. The van der Waals surface area contributed by atoms with Crippen LogP contribution in [0.15, 0.2) is 12.4 Å². The van der Waals surface area contributed by atoms with Gasteiger partial charge in [-0.25, -0.2) is 4.79 Å². The SMILES string of the molecule is CCCOc1cncc(N2CC(OC)CC2C(=O)O)n1. The molecule has 110 valence electrons. The lowest BCUT2D eigenvalue weighted by molar-refractivity contribution is -0.138. The van der Waals surface area contributed by atoms with Crippen molar-refractivity contribution < 1.29 is 19.4 Å². The second kappa shape index (κ2) is 6.51. The Hall–Kier alpha value is -1.89. The van der Waals surface area contributed by atoms with E-state index in [1.54, 1.807) is 18.2 Å². The zero-order valence-corrected chi connectivity index (χ0v) is 11.7. The van der Waals surface area contributed by atoms with Crippen LogP contribution in [0.1, 0.15) is 19.8 Å². The highest BCUT2D eigenvalue weighted by Crippen LogP contribution is 2.26. The molecule has 0 amide bonds. The zero-order chi connectivity index (χ0) is 14.5. The van der Waals surface area contributed by atoms with Gasteiger partial charge in [-0.1, -0.05) is 6.92 Å². The molecule has 1 fully saturated rings. The van der Waals surface area contributed by atoms with Crippen LogP contribution in [-0.2, 0) is 9.53 Å². The molecule has 1 aromatic rings. The van der Waals surface area contributed by atoms with E-state index in [1.165, 1.54) is 6.20 Å². The third-order valence-electron chi connectivity index (χ3n) is 3.23. The van der Waals surface area contributed by atoms with E-state index in [4.69, 9.17) is 9.47 Å². The summed E-state index contributed by atoms with van der Waals surface area (Å²) < 4.78 is 10.7. The number of hydrogen-bond donors (Lipinski definition) is 1. The first-order valence-electron chi connectivity index (χ1n) is 6.62. The van der Waals surface area contributed by atoms with Gasteiger partial charge in [-0.15, -0.1) is 0 Å². The molecule has 0 saturated carbocycles. The van der Waals surface area contributed by atoms with E-state index >= 15 is 0 Å². The molecule has 1 aliphatic heterocycles. The Balaban J connectivity index is 2.18. The van der Waals surface area contributed by atoms with Crippen LogP contribution < -0.4 is 9.64 Å². The fraction of sp³-hybridized carbons (Fsp3) is 0.615. The van der Waals surface area contributed by atoms with Crippen LogP contribution in [0.5, 0.6) is 5.88 Å². The Morgan fingerprint density at radius 1 is 1.55 bits per heavy atom. The molecule has 0 spiro atoms. The van der Waals surface area contributed by atoms with E-state index in [2.05, 4.69) is 9.97 Å². The number of rotatable bonds is 6. The predicted molar refractivity (Wildman–Crippen MR) is 72.0 cm³/mol. The average molecular weight is 281 g/mol. The molecule has 0 aliphatic carbocycles. The Morgan fingerprint density at radius 3 is 3.00 bits per heavy atom. The van der Waals surface area contributed by atoms with Crippen molar-refractivity contribution in [2.75, 3.05) is 25.2 Å². The zero-order valence-electron chi connectivity index (χ0n) is 11.7. The number of aliphatic carboxylic acids is 1. The summed E-state index contributed by atoms with van der Waals surface area (Å²) in [6.07, 6.45) is 4.27. The monoisotopic (exact) mass is 281 g/mol. The Bertz CT molecular complexity index is 469. The maximum Gasteiger partial charge on any atom is 0.326 e. The lowest BCUT2D eigenvalue weighted by Crippen LogP contribution is -2.36. The molecule has 7 nitrogen and oxygen atoms in total. The van der Waals surface area contributed by atoms with E-state index in [-0.39, 0.29) is 6.10 Å². The number of methoxy groups -OCH3 is 1. The molecular weight excluding hydrogens is 262 g/mol. The molecule has 20 heavy (non-hydrogen) atoms. The highest BCUT2D eigenvalue weighted by Gasteiger charge is 2.38. The van der Waals surface area contributed by atoms with Gasteiger partial charge in [0.15, 0.2) is 5.82 Å². The van der Waals surface area contributed by atoms with Crippen LogP contribution in [0.25, 0.3) is 0 Å². The third kappa shape index (κ3) is 3.16. The summed E-state index contributed by atoms with van der Waals surface area (Å²) in [5.74, 6) is 0.0335. The van der Waals surface area contributed by atoms with Gasteiger partial charge in [-0.05, 0) is 6.42 Å². The Morgan fingerprint density at radius 2 is 2.35 bits per heavy atom. The van der Waals surface area contributed by atoms with Gasteiger partial charge in [0.2, 0.25) is 5.88 Å². The van der Waals surface area contributed by atoms with E-state index in [0.29, 0.717) is 31.3 Å². The van der Waals surface area contributed by atoms with Gasteiger partial charge in [0.25, 0.3) is 0 Å². The van der Waals surface area contributed by atoms with E-state index in [9.17, 15) is 9.90 Å². The fourth-order valence-electron chi connectivity index (χ4n) is 2.21. The molecule has 2 heterocycles. The molecule has 2 unspecified atom stereocenters. The number of hydrogen-bond acceptors (Lipinski definition) is 6. The Kier molecular flexibility index (Phi) is 4.73. The first-order valence-corrected chi connectivity index (χ1v) is 6.62. The standard InChI is InChI=1S/C13H19N3O4/c1-3-4-20-12-7-14-6-11(15-12)16-8-9(19-2)5-10(16)13(17)18/h6-7,9-10H,3-5,8H2,1-2H3,(H,17,18). The largest absolute Gasteiger partial charge is 0.480 e. The number of carbonyl (C=O) groups is 1. The lowest BCUT2D eigenvalue weighted by atomic mass is 10.2. The summed E-state index contributed by atoms with van der Waals surface area (Å²) in [5.41, 5.74) is 0. The molecule has 0 aromatic carbocycles. The van der Waals surface area contributed by atoms with E-state index in [0.717, 1.165) is 6.42 Å². The van der Waals surface area contributed by atoms with Gasteiger partial charge in [-0.2, -0.15) is 4.98 Å². The second-order valence-electron chi connectivity index (χ2n) is 4.66. The highest BCUT2D eigenvalue weighted by atomic mass is 16.5. The molecule has 2 atom stereocenters. The topological polar surface area (TPSA) is 84.8 Å². The maximum atomic E-state index is 11.3. The molecule has 1 N–H and O–H groups in total. The number of nitrogens with zero attached hydrogens (tertiary/aromatic N) is 3. The van der Waals surface area contributed by atoms with Crippen LogP contribution in [0, 0.1) is 0 Å². The van der Waals surface area contributed by atoms with Crippen LogP contribution in [-0.4, -0.2) is 53.5 Å². The molecule has 0 radical (unpaired) electrons. The van der Waals surface area contributed by atoms with Crippen LogP contribution in [0.2, 0.25) is 0 Å². The molecule has 1 aromatic heterocycles. The first kappa shape index (κ1) is 14.5. The summed E-state index contributed by atoms with van der Waals surface area (Å²) in [7, 11) is 1.58. The van der Waals surface area contributed by atoms with Gasteiger partial charge in [0, 0.05) is 20.1 Å². The van der Waals surface area contributed by atoms with Gasteiger partial charge < -0.3 is 19.5 Å². The number of aromatic nitrogens is 2. The van der Waals surface area contributed by atoms with Crippen LogP contribution >= 0.6 is 0 Å². The normalized spacial score (nSPS) is 22.0. The van der Waals surface area contributed by atoms with Crippen LogP contribution in [0.3, 0.4) is 0 Å². The Labute approximate surface area is 117 Å². The minimum atomic E-state index is -0.883. The summed E-state index contributed by atoms with van der Waals surface area (Å²) in [4.78, 5) is 21.4. The molecule has 0 bridgehead atoms. The predicted octanol–water partition coefficient (Wildman–Crippen LogP) is 0.944. The average Bonchev–Trinajstić information content (AvgIpc) is 2.90. The summed E-state index contributed by atoms with van der Waals surface area (Å²) >= 11 is 0. The molecule has 2 rings (SSSR count). The number of carboxylic acid groups (broad SMARTS) is 1. The van der Waals surface area contributed by atoms with Gasteiger partial charge in [0.1, 0.15) is 6.04 Å². The molecular formula is C13H19N3O4. The van der Waals surface area contributed by atoms with Crippen molar-refractivity contribution in [2.45, 2.75) is 31.9 Å². The number of ether oxygens (including phenoxy) is 2. The minimum absolute atomic E-state index is 0.113. The highest BCUT2D eigenvalue weighted by molar-refractivity contribution is 5.78. The van der Waals surface area contributed by atoms with E-state index < -0.39 is 12.0 Å². The smallest absolute Gasteiger partial charge is 0.326 e. The molecule has 1 aliphatic rings. The third-order valence-corrected chi connectivity index (χ3v) is 3.23. The fourth-order valence-corrected chi connectivity index (χ4v) is 2.21. The van der Waals surface area contributed by atoms with Crippen LogP contribution in [0.4, 0.5) is 5.82 Å². The lowest BCUT2D eigenvalue weighted by Gasteiger charge is -2.22. The van der Waals surface area contributed by atoms with E-state index in [1.807, 2.05) is 6.92 Å². The first-order chi connectivity index (χ1) is 9.65. The molecule has 7 heteroatoms. The quantitative estimate of drug-likeness (QED) is 0.830. The van der Waals surface area contributed by atoms with Crippen molar-refractivity contribution in [3.63, 3.8) is 0 Å². The van der Waals surface area contributed by atoms with Crippen molar-refractivity contribution in [3.8, 4) is 5.88 Å². The van der Waals surface area contributed by atoms with Crippen molar-refractivity contribution in [3.05, 3.63) is 12.4 Å². The van der Waals surface area contributed by atoms with Crippen molar-refractivity contribution >= 4 is 11.8 Å². The number of anilines is 1. The maximum absolute atomic E-state index is 11.3. The molecule has 1 saturated heterocycles. The van der Waals surface area contributed by atoms with Gasteiger partial charge >= 0.3 is 5.97 Å². The summed E-state index contributed by atoms with van der Waals surface area (Å²) in [6, 6.07) is -0.643.